The van der Waals surface area contributed by atoms with Crippen molar-refractivity contribution in [3.8, 4) is 0 Å². The highest BCUT2D eigenvalue weighted by atomic mass is 32.2. The molecular formula is C19H23N3O4S. The molecule has 0 saturated heterocycles. The fraction of sp³-hybridized carbons (Fsp3) is 0.263. The van der Waals surface area contributed by atoms with Gasteiger partial charge in [0, 0.05) is 11.7 Å². The topological polar surface area (TPSA) is 104 Å². The van der Waals surface area contributed by atoms with Gasteiger partial charge in [-0.05, 0) is 50.1 Å². The Kier molecular flexibility index (Phi) is 6.57. The molecule has 3 amide bonds. The van der Waals surface area contributed by atoms with Gasteiger partial charge in [0.15, 0.2) is 0 Å². The Morgan fingerprint density at radius 1 is 1.04 bits per heavy atom. The van der Waals surface area contributed by atoms with Crippen LogP contribution in [0.1, 0.15) is 25.0 Å². The molecule has 0 aliphatic carbocycles. The monoisotopic (exact) mass is 389 g/mol. The number of hydrogen-bond donors (Lipinski definition) is 3. The molecule has 0 aliphatic rings. The first kappa shape index (κ1) is 20.4. The van der Waals surface area contributed by atoms with E-state index in [1.54, 1.807) is 19.9 Å². The Balaban J connectivity index is 2.09. The van der Waals surface area contributed by atoms with Crippen LogP contribution in [-0.2, 0) is 21.2 Å². The summed E-state index contributed by atoms with van der Waals surface area (Å²) < 4.78 is 26.6. The quantitative estimate of drug-likeness (QED) is 0.706. The van der Waals surface area contributed by atoms with Crippen LogP contribution in [0.25, 0.3) is 0 Å². The molecule has 0 radical (unpaired) electrons. The minimum atomic E-state index is -4.04. The molecule has 27 heavy (non-hydrogen) atoms. The minimum absolute atomic E-state index is 0.116. The molecule has 0 heterocycles. The predicted molar refractivity (Wildman–Crippen MR) is 104 cm³/mol. The highest BCUT2D eigenvalue weighted by Gasteiger charge is 2.18. The van der Waals surface area contributed by atoms with Crippen molar-refractivity contribution in [2.75, 3.05) is 5.32 Å². The third-order valence-electron chi connectivity index (χ3n) is 3.69. The lowest BCUT2D eigenvalue weighted by molar-refractivity contribution is -0.115. The molecule has 8 heteroatoms. The first-order valence-electron chi connectivity index (χ1n) is 8.45. The minimum Gasteiger partial charge on any atom is -0.335 e. The Bertz CT molecular complexity index is 939. The van der Waals surface area contributed by atoms with E-state index in [0.29, 0.717) is 5.69 Å². The van der Waals surface area contributed by atoms with Crippen LogP contribution in [0.3, 0.4) is 0 Å². The number of carbonyl (C=O) groups excluding carboxylic acids is 2. The lowest BCUT2D eigenvalue weighted by atomic mass is 10.1. The van der Waals surface area contributed by atoms with Crippen LogP contribution in [0.4, 0.5) is 10.5 Å². The van der Waals surface area contributed by atoms with Crippen LogP contribution < -0.4 is 15.4 Å². The van der Waals surface area contributed by atoms with Crippen LogP contribution in [0.2, 0.25) is 0 Å². The second-order valence-corrected chi connectivity index (χ2v) is 8.10. The summed E-state index contributed by atoms with van der Waals surface area (Å²) in [6, 6.07) is 12.3. The molecule has 3 N–H and O–H groups in total. The van der Waals surface area contributed by atoms with Crippen LogP contribution in [0.15, 0.2) is 53.4 Å². The van der Waals surface area contributed by atoms with Crippen molar-refractivity contribution in [3.05, 3.63) is 59.7 Å². The van der Waals surface area contributed by atoms with Crippen molar-refractivity contribution >= 4 is 27.6 Å². The molecule has 0 spiro atoms. The van der Waals surface area contributed by atoms with Gasteiger partial charge in [-0.25, -0.2) is 17.9 Å². The first-order valence-corrected chi connectivity index (χ1v) is 9.93. The lowest BCUT2D eigenvalue weighted by Gasteiger charge is -2.12. The molecule has 2 rings (SSSR count). The smallest absolute Gasteiger partial charge is 0.328 e. The Morgan fingerprint density at radius 2 is 1.74 bits per heavy atom. The molecular weight excluding hydrogens is 366 g/mol. The zero-order chi connectivity index (χ0) is 20.0. The van der Waals surface area contributed by atoms with Gasteiger partial charge < -0.3 is 10.6 Å². The normalized spacial score (nSPS) is 11.1. The highest BCUT2D eigenvalue weighted by molar-refractivity contribution is 7.90. The lowest BCUT2D eigenvalue weighted by Crippen LogP contribution is -2.42. The maximum Gasteiger partial charge on any atom is 0.328 e. The van der Waals surface area contributed by atoms with Crippen LogP contribution in [0.5, 0.6) is 0 Å². The zero-order valence-electron chi connectivity index (χ0n) is 15.4. The van der Waals surface area contributed by atoms with Crippen molar-refractivity contribution in [3.63, 3.8) is 0 Å². The van der Waals surface area contributed by atoms with Gasteiger partial charge in [-0.15, -0.1) is 0 Å². The molecule has 0 aliphatic heterocycles. The number of carbonyl (C=O) groups is 2. The average molecular weight is 389 g/mol. The number of benzene rings is 2. The van der Waals surface area contributed by atoms with E-state index in [0.717, 1.165) is 11.1 Å². The molecule has 0 atom stereocenters. The molecule has 0 aromatic heterocycles. The summed E-state index contributed by atoms with van der Waals surface area (Å²) in [5, 5.41) is 5.13. The van der Waals surface area contributed by atoms with E-state index in [2.05, 4.69) is 10.6 Å². The molecule has 0 fully saturated rings. The summed E-state index contributed by atoms with van der Waals surface area (Å²) in [5.74, 6) is -0.260. The second kappa shape index (κ2) is 8.68. The first-order chi connectivity index (χ1) is 12.7. The Labute approximate surface area is 159 Å². The molecule has 2 aromatic rings. The number of hydrogen-bond acceptors (Lipinski definition) is 4. The number of rotatable bonds is 6. The van der Waals surface area contributed by atoms with Gasteiger partial charge in [-0.1, -0.05) is 30.3 Å². The van der Waals surface area contributed by atoms with Gasteiger partial charge in [-0.3, -0.25) is 4.79 Å². The number of nitrogens with one attached hydrogen (secondary N) is 3. The molecule has 0 bridgehead atoms. The van der Waals surface area contributed by atoms with Crippen LogP contribution in [0, 0.1) is 6.92 Å². The summed E-state index contributed by atoms with van der Waals surface area (Å²) in [6.07, 6.45) is 0.179. The number of sulfonamides is 1. The zero-order valence-corrected chi connectivity index (χ0v) is 16.3. The van der Waals surface area contributed by atoms with E-state index in [9.17, 15) is 18.0 Å². The molecule has 0 saturated carbocycles. The third-order valence-corrected chi connectivity index (χ3v) is 5.02. The van der Waals surface area contributed by atoms with Gasteiger partial charge in [0.1, 0.15) is 0 Å². The van der Waals surface area contributed by atoms with E-state index in [4.69, 9.17) is 0 Å². The van der Waals surface area contributed by atoms with Gasteiger partial charge in [0.25, 0.3) is 10.0 Å². The Hall–Kier alpha value is -2.87. The van der Waals surface area contributed by atoms with E-state index < -0.39 is 16.1 Å². The highest BCUT2D eigenvalue weighted by Crippen LogP contribution is 2.16. The van der Waals surface area contributed by atoms with Gasteiger partial charge in [-0.2, -0.15) is 0 Å². The van der Waals surface area contributed by atoms with Crippen molar-refractivity contribution in [2.24, 2.45) is 0 Å². The predicted octanol–water partition coefficient (Wildman–Crippen LogP) is 2.57. The van der Waals surface area contributed by atoms with Crippen molar-refractivity contribution in [2.45, 2.75) is 38.1 Å². The fourth-order valence-electron chi connectivity index (χ4n) is 2.40. The average Bonchev–Trinajstić information content (AvgIpc) is 2.56. The van der Waals surface area contributed by atoms with E-state index >= 15 is 0 Å². The standard InChI is InChI=1S/C19H23N3O4S/c1-13(2)20-19(24)22-27(25,26)17-10-6-9-16(12-17)21-18(23)11-15-8-5-4-7-14(15)3/h4-10,12-13H,11H2,1-3H3,(H,21,23)(H2,20,22,24). The fourth-order valence-corrected chi connectivity index (χ4v) is 3.36. The third kappa shape index (κ3) is 6.10. The maximum atomic E-state index is 12.3. The summed E-state index contributed by atoms with van der Waals surface area (Å²) in [6.45, 7) is 5.36. The van der Waals surface area contributed by atoms with Gasteiger partial charge >= 0.3 is 6.03 Å². The SMILES string of the molecule is Cc1ccccc1CC(=O)Nc1cccc(S(=O)(=O)NC(=O)NC(C)C)c1. The van der Waals surface area contributed by atoms with E-state index in [1.807, 2.05) is 35.9 Å². The second-order valence-electron chi connectivity index (χ2n) is 6.41. The summed E-state index contributed by atoms with van der Waals surface area (Å²) in [4.78, 5) is 23.8. The maximum absolute atomic E-state index is 12.3. The van der Waals surface area contributed by atoms with Gasteiger partial charge in [0.05, 0.1) is 11.3 Å². The number of amides is 3. The van der Waals surface area contributed by atoms with E-state index in [1.165, 1.54) is 18.2 Å². The number of urea groups is 1. The van der Waals surface area contributed by atoms with Crippen molar-refractivity contribution in [1.29, 1.82) is 0 Å². The van der Waals surface area contributed by atoms with Crippen molar-refractivity contribution in [1.82, 2.24) is 10.0 Å². The van der Waals surface area contributed by atoms with Gasteiger partial charge in [0.2, 0.25) is 5.91 Å². The van der Waals surface area contributed by atoms with Crippen LogP contribution in [-0.4, -0.2) is 26.4 Å². The molecule has 144 valence electrons. The number of aryl methyl sites for hydroxylation is 1. The van der Waals surface area contributed by atoms with Crippen LogP contribution >= 0.6 is 0 Å². The molecule has 2 aromatic carbocycles. The van der Waals surface area contributed by atoms with Crippen molar-refractivity contribution < 1.29 is 18.0 Å². The number of anilines is 1. The largest absolute Gasteiger partial charge is 0.335 e. The van der Waals surface area contributed by atoms with E-state index in [-0.39, 0.29) is 23.3 Å². The summed E-state index contributed by atoms with van der Waals surface area (Å²) in [5.41, 5.74) is 2.23. The Morgan fingerprint density at radius 3 is 2.41 bits per heavy atom. The summed E-state index contributed by atoms with van der Waals surface area (Å²) in [7, 11) is -4.04. The molecule has 0 unspecified atom stereocenters. The molecule has 7 nitrogen and oxygen atoms in total. The summed E-state index contributed by atoms with van der Waals surface area (Å²) >= 11 is 0.